The highest BCUT2D eigenvalue weighted by Gasteiger charge is 2.26. The average molecular weight is 391 g/mol. The van der Waals surface area contributed by atoms with Gasteiger partial charge in [-0.05, 0) is 38.2 Å². The van der Waals surface area contributed by atoms with Crippen LogP contribution in [-0.2, 0) is 19.2 Å². The molecule has 150 valence electrons. The van der Waals surface area contributed by atoms with Crippen molar-refractivity contribution >= 4 is 35.5 Å². The van der Waals surface area contributed by atoms with Gasteiger partial charge in [0, 0.05) is 0 Å². The Bertz CT molecular complexity index is 515. The Morgan fingerprint density at radius 2 is 1.38 bits per heavy atom. The standard InChI is InChI=1S/C16H30N4O5S/c1-8(2)12(17)15(23)19-9(3)13(21)18-10(4)14(22)20-11(16(24)25)6-7-26-5/h8-12H,6-7,17H2,1-5H3,(H,18,21)(H,19,23)(H,20,22)(H,24,25). The number of thioether (sulfide) groups is 1. The lowest BCUT2D eigenvalue weighted by molar-refractivity contribution is -0.142. The largest absolute Gasteiger partial charge is 0.480 e. The predicted molar refractivity (Wildman–Crippen MR) is 101 cm³/mol. The quantitative estimate of drug-likeness (QED) is 0.313. The van der Waals surface area contributed by atoms with Gasteiger partial charge in [-0.1, -0.05) is 13.8 Å². The Balaban J connectivity index is 4.61. The molecule has 0 aromatic carbocycles. The van der Waals surface area contributed by atoms with Crippen molar-refractivity contribution < 1.29 is 24.3 Å². The molecule has 0 aliphatic carbocycles. The van der Waals surface area contributed by atoms with Crippen LogP contribution in [-0.4, -0.2) is 65.0 Å². The molecule has 0 spiro atoms. The molecule has 6 N–H and O–H groups in total. The van der Waals surface area contributed by atoms with E-state index in [2.05, 4.69) is 16.0 Å². The van der Waals surface area contributed by atoms with Gasteiger partial charge in [-0.25, -0.2) is 4.79 Å². The van der Waals surface area contributed by atoms with Crippen molar-refractivity contribution in [2.75, 3.05) is 12.0 Å². The van der Waals surface area contributed by atoms with Crippen LogP contribution in [0.1, 0.15) is 34.1 Å². The van der Waals surface area contributed by atoms with Crippen LogP contribution in [0.2, 0.25) is 0 Å². The Hall–Kier alpha value is -1.81. The zero-order chi connectivity index (χ0) is 20.4. The van der Waals surface area contributed by atoms with Crippen LogP contribution in [0, 0.1) is 5.92 Å². The lowest BCUT2D eigenvalue weighted by Gasteiger charge is -2.22. The van der Waals surface area contributed by atoms with Crippen LogP contribution in [0.5, 0.6) is 0 Å². The van der Waals surface area contributed by atoms with E-state index in [4.69, 9.17) is 10.8 Å². The minimum atomic E-state index is -1.13. The maximum atomic E-state index is 12.1. The molecule has 0 aromatic heterocycles. The zero-order valence-electron chi connectivity index (χ0n) is 15.9. The van der Waals surface area contributed by atoms with Crippen molar-refractivity contribution in [2.24, 2.45) is 11.7 Å². The van der Waals surface area contributed by atoms with E-state index in [-0.39, 0.29) is 12.3 Å². The highest BCUT2D eigenvalue weighted by atomic mass is 32.2. The van der Waals surface area contributed by atoms with Crippen molar-refractivity contribution in [1.29, 1.82) is 0 Å². The van der Waals surface area contributed by atoms with Crippen LogP contribution >= 0.6 is 11.8 Å². The Labute approximate surface area is 158 Å². The molecule has 26 heavy (non-hydrogen) atoms. The number of aliphatic carboxylic acids is 1. The summed E-state index contributed by atoms with van der Waals surface area (Å²) in [5, 5.41) is 16.5. The SMILES string of the molecule is CSCCC(NC(=O)C(C)NC(=O)C(C)NC(=O)C(N)C(C)C)C(=O)O. The lowest BCUT2D eigenvalue weighted by atomic mass is 10.0. The summed E-state index contributed by atoms with van der Waals surface area (Å²) in [5.74, 6) is -2.25. The maximum Gasteiger partial charge on any atom is 0.326 e. The highest BCUT2D eigenvalue weighted by molar-refractivity contribution is 7.98. The first-order valence-electron chi connectivity index (χ1n) is 8.39. The van der Waals surface area contributed by atoms with Gasteiger partial charge < -0.3 is 26.8 Å². The van der Waals surface area contributed by atoms with Crippen LogP contribution in [0.15, 0.2) is 0 Å². The molecule has 10 heteroatoms. The molecule has 0 fully saturated rings. The normalized spacial score (nSPS) is 15.5. The van der Waals surface area contributed by atoms with Crippen molar-refractivity contribution in [3.05, 3.63) is 0 Å². The second kappa shape index (κ2) is 11.7. The van der Waals surface area contributed by atoms with Crippen molar-refractivity contribution in [3.63, 3.8) is 0 Å². The van der Waals surface area contributed by atoms with Gasteiger partial charge in [0.1, 0.15) is 18.1 Å². The second-order valence-electron chi connectivity index (χ2n) is 6.41. The van der Waals surface area contributed by atoms with E-state index in [1.165, 1.54) is 25.6 Å². The average Bonchev–Trinajstić information content (AvgIpc) is 2.56. The summed E-state index contributed by atoms with van der Waals surface area (Å²) in [5.41, 5.74) is 5.72. The predicted octanol–water partition coefficient (Wildman–Crippen LogP) is -0.698. The zero-order valence-corrected chi connectivity index (χ0v) is 16.7. The summed E-state index contributed by atoms with van der Waals surface area (Å²) in [7, 11) is 0. The first kappa shape index (κ1) is 24.2. The molecule has 9 nitrogen and oxygen atoms in total. The van der Waals surface area contributed by atoms with E-state index in [9.17, 15) is 19.2 Å². The molecule has 0 aliphatic rings. The van der Waals surface area contributed by atoms with E-state index >= 15 is 0 Å². The molecule has 0 bridgehead atoms. The van der Waals surface area contributed by atoms with E-state index in [1.54, 1.807) is 13.8 Å². The van der Waals surface area contributed by atoms with Gasteiger partial charge in [0.25, 0.3) is 0 Å². The highest BCUT2D eigenvalue weighted by Crippen LogP contribution is 2.02. The van der Waals surface area contributed by atoms with Crippen molar-refractivity contribution in [3.8, 4) is 0 Å². The molecular formula is C16H30N4O5S. The summed E-state index contributed by atoms with van der Waals surface area (Å²) in [4.78, 5) is 47.2. The number of hydrogen-bond acceptors (Lipinski definition) is 6. The summed E-state index contributed by atoms with van der Waals surface area (Å²) in [6, 6.07) is -3.58. The molecule has 0 aliphatic heterocycles. The number of carboxylic acid groups (broad SMARTS) is 1. The second-order valence-corrected chi connectivity index (χ2v) is 7.40. The van der Waals surface area contributed by atoms with E-state index in [1.807, 2.05) is 6.26 Å². The van der Waals surface area contributed by atoms with Gasteiger partial charge in [-0.15, -0.1) is 0 Å². The number of carbonyl (C=O) groups excluding carboxylic acids is 3. The smallest absolute Gasteiger partial charge is 0.326 e. The van der Waals surface area contributed by atoms with Crippen molar-refractivity contribution in [2.45, 2.75) is 58.3 Å². The lowest BCUT2D eigenvalue weighted by Crippen LogP contribution is -2.56. The number of nitrogens with two attached hydrogens (primary N) is 1. The minimum Gasteiger partial charge on any atom is -0.480 e. The summed E-state index contributed by atoms with van der Waals surface area (Å²) < 4.78 is 0. The fourth-order valence-electron chi connectivity index (χ4n) is 1.87. The Morgan fingerprint density at radius 3 is 1.81 bits per heavy atom. The summed E-state index contributed by atoms with van der Waals surface area (Å²) in [6.45, 7) is 6.49. The van der Waals surface area contributed by atoms with E-state index in [0.717, 1.165) is 0 Å². The Morgan fingerprint density at radius 1 is 0.923 bits per heavy atom. The molecule has 0 rings (SSSR count). The molecule has 0 aromatic rings. The van der Waals surface area contributed by atoms with Gasteiger partial charge in [-0.2, -0.15) is 11.8 Å². The van der Waals surface area contributed by atoms with Crippen LogP contribution in [0.4, 0.5) is 0 Å². The van der Waals surface area contributed by atoms with Gasteiger partial charge >= 0.3 is 5.97 Å². The first-order valence-corrected chi connectivity index (χ1v) is 9.79. The number of nitrogens with one attached hydrogen (secondary N) is 3. The van der Waals surface area contributed by atoms with E-state index < -0.39 is 47.9 Å². The third kappa shape index (κ3) is 8.52. The summed E-state index contributed by atoms with van der Waals surface area (Å²) in [6.07, 6.45) is 2.12. The number of amides is 3. The van der Waals surface area contributed by atoms with Gasteiger partial charge in [0.15, 0.2) is 0 Å². The molecule has 0 saturated carbocycles. The van der Waals surface area contributed by atoms with Gasteiger partial charge in [-0.3, -0.25) is 14.4 Å². The first-order chi connectivity index (χ1) is 12.0. The molecule has 4 atom stereocenters. The number of rotatable bonds is 11. The molecule has 0 saturated heterocycles. The minimum absolute atomic E-state index is 0.0794. The van der Waals surface area contributed by atoms with Crippen LogP contribution < -0.4 is 21.7 Å². The van der Waals surface area contributed by atoms with Crippen molar-refractivity contribution in [1.82, 2.24) is 16.0 Å². The number of carbonyl (C=O) groups is 4. The fraction of sp³-hybridized carbons (Fsp3) is 0.750. The number of carboxylic acids is 1. The summed E-state index contributed by atoms with van der Waals surface area (Å²) >= 11 is 1.47. The third-order valence-electron chi connectivity index (χ3n) is 3.75. The topological polar surface area (TPSA) is 151 Å². The third-order valence-corrected chi connectivity index (χ3v) is 4.39. The molecule has 4 unspecified atom stereocenters. The maximum absolute atomic E-state index is 12.1. The van der Waals surface area contributed by atoms with Gasteiger partial charge in [0.2, 0.25) is 17.7 Å². The molecular weight excluding hydrogens is 360 g/mol. The molecule has 0 heterocycles. The molecule has 3 amide bonds. The molecule has 0 radical (unpaired) electrons. The number of hydrogen-bond donors (Lipinski definition) is 5. The van der Waals surface area contributed by atoms with Gasteiger partial charge in [0.05, 0.1) is 6.04 Å². The van der Waals surface area contributed by atoms with Crippen LogP contribution in [0.25, 0.3) is 0 Å². The monoisotopic (exact) mass is 390 g/mol. The van der Waals surface area contributed by atoms with Crippen LogP contribution in [0.3, 0.4) is 0 Å². The fourth-order valence-corrected chi connectivity index (χ4v) is 2.34. The van der Waals surface area contributed by atoms with E-state index in [0.29, 0.717) is 5.75 Å². The Kier molecular flexibility index (Phi) is 10.9.